The fourth-order valence-electron chi connectivity index (χ4n) is 3.78. The first-order valence-corrected chi connectivity index (χ1v) is 10.4. The van der Waals surface area contributed by atoms with Crippen LogP contribution >= 0.6 is 0 Å². The van der Waals surface area contributed by atoms with E-state index in [0.717, 1.165) is 48.5 Å². The third kappa shape index (κ3) is 4.65. The number of hydrogen-bond acceptors (Lipinski definition) is 7. The minimum absolute atomic E-state index is 0.135. The Kier molecular flexibility index (Phi) is 6.54. The maximum atomic E-state index is 13.5. The molecule has 11 heteroatoms. The average molecular weight is 498 g/mol. The van der Waals surface area contributed by atoms with Crippen molar-refractivity contribution in [3.63, 3.8) is 0 Å². The van der Waals surface area contributed by atoms with Gasteiger partial charge in [-0.05, 0) is 47.5 Å². The Morgan fingerprint density at radius 2 is 0.973 bits per heavy atom. The van der Waals surface area contributed by atoms with E-state index in [1.54, 1.807) is 0 Å². The van der Waals surface area contributed by atoms with E-state index in [1.807, 2.05) is 12.1 Å². The Labute approximate surface area is 207 Å². The van der Waals surface area contributed by atoms with Crippen LogP contribution in [0.4, 0.5) is 20.2 Å². The van der Waals surface area contributed by atoms with Crippen LogP contribution in [-0.2, 0) is 0 Å². The van der Waals surface area contributed by atoms with Gasteiger partial charge < -0.3 is 4.74 Å². The molecule has 0 fully saturated rings. The molecule has 0 aromatic heterocycles. The molecule has 0 amide bonds. The second kappa shape index (κ2) is 9.90. The van der Waals surface area contributed by atoms with E-state index in [0.29, 0.717) is 0 Å². The third-order valence-corrected chi connectivity index (χ3v) is 5.39. The molecule has 0 saturated heterocycles. The van der Waals surface area contributed by atoms with Gasteiger partial charge in [0.15, 0.2) is 0 Å². The van der Waals surface area contributed by atoms with Crippen molar-refractivity contribution in [1.29, 1.82) is 10.5 Å². The van der Waals surface area contributed by atoms with E-state index >= 15 is 0 Å². The summed E-state index contributed by atoms with van der Waals surface area (Å²) in [6, 6.07) is 17.6. The summed E-state index contributed by atoms with van der Waals surface area (Å²) in [4.78, 5) is 21.9. The van der Waals surface area contributed by atoms with Crippen LogP contribution < -0.4 is 4.74 Å². The van der Waals surface area contributed by atoms with Crippen molar-refractivity contribution < 1.29 is 23.4 Å². The van der Waals surface area contributed by atoms with Crippen LogP contribution in [0.5, 0.6) is 11.5 Å². The molecule has 9 nitrogen and oxygen atoms in total. The monoisotopic (exact) mass is 498 g/mol. The summed E-state index contributed by atoms with van der Waals surface area (Å²) < 4.78 is 32.7. The lowest BCUT2D eigenvalue weighted by molar-refractivity contribution is -0.384. The maximum absolute atomic E-state index is 13.5. The number of benzene rings is 4. The van der Waals surface area contributed by atoms with E-state index in [1.165, 1.54) is 24.3 Å². The molecule has 4 rings (SSSR count). The summed E-state index contributed by atoms with van der Waals surface area (Å²) in [5, 5.41) is 43.1. The average Bonchev–Trinajstić information content (AvgIpc) is 2.88. The lowest BCUT2D eigenvalue weighted by Crippen LogP contribution is -2.01. The van der Waals surface area contributed by atoms with Gasteiger partial charge in [0.05, 0.1) is 21.0 Å². The van der Waals surface area contributed by atoms with Gasteiger partial charge in [-0.15, -0.1) is 0 Å². The summed E-state index contributed by atoms with van der Waals surface area (Å²) in [6.07, 6.45) is 0. The molecule has 0 unspecified atom stereocenters. The molecule has 0 heterocycles. The van der Waals surface area contributed by atoms with Crippen molar-refractivity contribution in [2.24, 2.45) is 0 Å². The van der Waals surface area contributed by atoms with Crippen molar-refractivity contribution in [3.05, 3.63) is 116 Å². The number of halogens is 2. The topological polar surface area (TPSA) is 143 Å². The Morgan fingerprint density at radius 3 is 1.27 bits per heavy atom. The predicted molar refractivity (Wildman–Crippen MR) is 126 cm³/mol. The second-order valence-corrected chi connectivity index (χ2v) is 7.52. The van der Waals surface area contributed by atoms with Gasteiger partial charge in [-0.25, -0.2) is 8.78 Å². The maximum Gasteiger partial charge on any atom is 0.278 e. The van der Waals surface area contributed by atoms with Crippen LogP contribution in [0.25, 0.3) is 22.3 Å². The first-order valence-electron chi connectivity index (χ1n) is 10.4. The molecule has 0 saturated carbocycles. The molecule has 0 aliphatic carbocycles. The van der Waals surface area contributed by atoms with Crippen molar-refractivity contribution in [3.8, 4) is 45.9 Å². The smallest absolute Gasteiger partial charge is 0.278 e. The molecule has 0 bridgehead atoms. The molecule has 37 heavy (non-hydrogen) atoms. The highest BCUT2D eigenvalue weighted by Gasteiger charge is 2.27. The number of nitrogens with zero attached hydrogens (tertiary/aromatic N) is 4. The van der Waals surface area contributed by atoms with E-state index in [-0.39, 0.29) is 44.9 Å². The van der Waals surface area contributed by atoms with Crippen molar-refractivity contribution >= 4 is 11.4 Å². The van der Waals surface area contributed by atoms with Crippen LogP contribution in [0.15, 0.2) is 72.8 Å². The fraction of sp³-hybridized carbons (Fsp3) is 0. The highest BCUT2D eigenvalue weighted by Crippen LogP contribution is 2.43. The minimum atomic E-state index is -0.706. The third-order valence-electron chi connectivity index (χ3n) is 5.39. The molecule has 0 atom stereocenters. The highest BCUT2D eigenvalue weighted by molar-refractivity contribution is 5.84. The van der Waals surface area contributed by atoms with E-state index in [4.69, 9.17) is 4.74 Å². The van der Waals surface area contributed by atoms with Crippen LogP contribution in [0.2, 0.25) is 0 Å². The van der Waals surface area contributed by atoms with Crippen LogP contribution in [-0.4, -0.2) is 9.85 Å². The zero-order valence-electron chi connectivity index (χ0n) is 18.5. The van der Waals surface area contributed by atoms with Gasteiger partial charge in [0.25, 0.3) is 11.4 Å². The van der Waals surface area contributed by atoms with Gasteiger partial charge in [-0.3, -0.25) is 20.2 Å². The molecule has 0 aliphatic heterocycles. The number of ether oxygens (including phenoxy) is 1. The number of nitro groups is 2. The number of rotatable bonds is 6. The Balaban J connectivity index is 1.93. The van der Waals surface area contributed by atoms with Gasteiger partial charge in [0.2, 0.25) is 0 Å². The molecule has 0 aliphatic rings. The van der Waals surface area contributed by atoms with Gasteiger partial charge in [0.1, 0.15) is 46.4 Å². The molecule has 0 N–H and O–H groups in total. The fourth-order valence-corrected chi connectivity index (χ4v) is 3.78. The lowest BCUT2D eigenvalue weighted by atomic mass is 9.96. The van der Waals surface area contributed by atoms with Gasteiger partial charge >= 0.3 is 0 Å². The molecule has 0 spiro atoms. The van der Waals surface area contributed by atoms with Crippen LogP contribution in [0.1, 0.15) is 11.1 Å². The Bertz CT molecular complexity index is 1520. The predicted octanol–water partition coefficient (Wildman–Crippen LogP) is 6.65. The summed E-state index contributed by atoms with van der Waals surface area (Å²) in [5.74, 6) is -1.53. The summed E-state index contributed by atoms with van der Waals surface area (Å²) >= 11 is 0. The van der Waals surface area contributed by atoms with Gasteiger partial charge in [-0.1, -0.05) is 24.3 Å². The van der Waals surface area contributed by atoms with Crippen LogP contribution in [0, 0.1) is 54.5 Å². The standard InChI is InChI=1S/C26H12F2N4O5/c27-17-5-1-15(2-6-17)25-19(13-29)23(11-9-21(25)31(33)34)37-24-12-10-22(32(35)36)26(20(24)14-30)16-3-7-18(28)8-4-16/h1-12H. The zero-order chi connectivity index (χ0) is 26.7. The molecular weight excluding hydrogens is 486 g/mol. The quantitative estimate of drug-likeness (QED) is 0.214. The van der Waals surface area contributed by atoms with E-state index < -0.39 is 32.9 Å². The van der Waals surface area contributed by atoms with E-state index in [2.05, 4.69) is 0 Å². The Morgan fingerprint density at radius 1 is 0.622 bits per heavy atom. The summed E-state index contributed by atoms with van der Waals surface area (Å²) in [7, 11) is 0. The zero-order valence-corrected chi connectivity index (χ0v) is 18.5. The molecule has 4 aromatic rings. The normalized spacial score (nSPS) is 10.3. The molecule has 4 aromatic carbocycles. The first kappa shape index (κ1) is 24.4. The van der Waals surface area contributed by atoms with Gasteiger partial charge in [-0.2, -0.15) is 10.5 Å². The summed E-state index contributed by atoms with van der Waals surface area (Å²) in [5.41, 5.74) is -1.35. The summed E-state index contributed by atoms with van der Waals surface area (Å²) in [6.45, 7) is 0. The lowest BCUT2D eigenvalue weighted by Gasteiger charge is -2.14. The second-order valence-electron chi connectivity index (χ2n) is 7.52. The van der Waals surface area contributed by atoms with Crippen molar-refractivity contribution in [2.45, 2.75) is 0 Å². The Hall–Kier alpha value is -5.68. The number of nitro benzene ring substituents is 2. The minimum Gasteiger partial charge on any atom is -0.455 e. The van der Waals surface area contributed by atoms with E-state index in [9.17, 15) is 39.5 Å². The first-order chi connectivity index (χ1) is 17.7. The molecular formula is C26H12F2N4O5. The van der Waals surface area contributed by atoms with Crippen molar-refractivity contribution in [1.82, 2.24) is 0 Å². The van der Waals surface area contributed by atoms with Gasteiger partial charge in [0, 0.05) is 12.1 Å². The SMILES string of the molecule is N#Cc1c(Oc2ccc([N+](=O)[O-])c(-c3ccc(F)cc3)c2C#N)ccc([N+](=O)[O-])c1-c1ccc(F)cc1. The van der Waals surface area contributed by atoms with Crippen LogP contribution in [0.3, 0.4) is 0 Å². The number of nitriles is 2. The van der Waals surface area contributed by atoms with Crippen molar-refractivity contribution in [2.75, 3.05) is 0 Å². The molecule has 0 radical (unpaired) electrons. The largest absolute Gasteiger partial charge is 0.455 e. The highest BCUT2D eigenvalue weighted by atomic mass is 19.1. The number of hydrogen-bond donors (Lipinski definition) is 0. The molecule has 180 valence electrons.